The van der Waals surface area contributed by atoms with Gasteiger partial charge in [-0.2, -0.15) is 0 Å². The SMILES string of the molecule is CN1C(=O)c2ccc(-n3ccc4ccccc43)c(-n3ccc4ccccc43)c2C1=O. The maximum atomic E-state index is 13.1. The molecule has 0 saturated heterocycles. The maximum Gasteiger partial charge on any atom is 0.263 e. The highest BCUT2D eigenvalue weighted by atomic mass is 16.2. The van der Waals surface area contributed by atoms with Crippen LogP contribution in [0.4, 0.5) is 0 Å². The van der Waals surface area contributed by atoms with Crippen LogP contribution >= 0.6 is 0 Å². The number of fused-ring (bicyclic) bond motifs is 3. The summed E-state index contributed by atoms with van der Waals surface area (Å²) in [6.45, 7) is 0. The average Bonchev–Trinajstić information content (AvgIpc) is 3.45. The number of nitrogens with zero attached hydrogens (tertiary/aromatic N) is 3. The predicted octanol–water partition coefficient (Wildman–Crippen LogP) is 4.80. The summed E-state index contributed by atoms with van der Waals surface area (Å²) < 4.78 is 4.10. The lowest BCUT2D eigenvalue weighted by atomic mass is 10.0. The third-order valence-electron chi connectivity index (χ3n) is 5.91. The van der Waals surface area contributed by atoms with Gasteiger partial charge in [-0.05, 0) is 47.2 Å². The number of imide groups is 1. The van der Waals surface area contributed by atoms with E-state index < -0.39 is 0 Å². The lowest BCUT2D eigenvalue weighted by Crippen LogP contribution is -2.24. The van der Waals surface area contributed by atoms with Crippen LogP contribution in [0.5, 0.6) is 0 Å². The van der Waals surface area contributed by atoms with E-state index in [1.54, 1.807) is 6.07 Å². The molecule has 144 valence electrons. The minimum absolute atomic E-state index is 0.267. The van der Waals surface area contributed by atoms with Crippen LogP contribution in [-0.4, -0.2) is 32.9 Å². The Morgan fingerprint density at radius 1 is 0.633 bits per heavy atom. The van der Waals surface area contributed by atoms with Gasteiger partial charge in [-0.1, -0.05) is 36.4 Å². The first-order chi connectivity index (χ1) is 14.6. The van der Waals surface area contributed by atoms with Crippen LogP contribution in [0.15, 0.2) is 85.2 Å². The zero-order valence-electron chi connectivity index (χ0n) is 16.2. The van der Waals surface area contributed by atoms with Crippen molar-refractivity contribution in [3.63, 3.8) is 0 Å². The number of hydrogen-bond acceptors (Lipinski definition) is 2. The number of rotatable bonds is 2. The van der Waals surface area contributed by atoms with Crippen molar-refractivity contribution < 1.29 is 9.59 Å². The van der Waals surface area contributed by atoms with E-state index in [2.05, 4.69) is 22.8 Å². The first-order valence-corrected chi connectivity index (χ1v) is 9.77. The van der Waals surface area contributed by atoms with Gasteiger partial charge in [0.1, 0.15) is 0 Å². The van der Waals surface area contributed by atoms with E-state index in [1.807, 2.05) is 65.5 Å². The first-order valence-electron chi connectivity index (χ1n) is 9.77. The van der Waals surface area contributed by atoms with Crippen molar-refractivity contribution in [1.82, 2.24) is 14.0 Å². The highest BCUT2D eigenvalue weighted by molar-refractivity contribution is 6.23. The largest absolute Gasteiger partial charge is 0.314 e. The monoisotopic (exact) mass is 391 g/mol. The fraction of sp³-hybridized carbons (Fsp3) is 0.0400. The van der Waals surface area contributed by atoms with Crippen molar-refractivity contribution in [3.8, 4) is 11.4 Å². The third-order valence-corrected chi connectivity index (χ3v) is 5.91. The highest BCUT2D eigenvalue weighted by Crippen LogP contribution is 2.36. The van der Waals surface area contributed by atoms with Gasteiger partial charge in [-0.3, -0.25) is 14.5 Å². The summed E-state index contributed by atoms with van der Waals surface area (Å²) in [6.07, 6.45) is 3.97. The lowest BCUT2D eigenvalue weighted by molar-refractivity contribution is 0.0693. The topological polar surface area (TPSA) is 47.2 Å². The molecule has 2 amide bonds. The van der Waals surface area contributed by atoms with Crippen LogP contribution in [0, 0.1) is 0 Å². The number of amides is 2. The fourth-order valence-corrected chi connectivity index (χ4v) is 4.42. The van der Waals surface area contributed by atoms with E-state index in [9.17, 15) is 9.59 Å². The molecule has 1 aliphatic heterocycles. The van der Waals surface area contributed by atoms with E-state index in [4.69, 9.17) is 0 Å². The molecule has 5 heteroatoms. The van der Waals surface area contributed by atoms with Crippen molar-refractivity contribution in [3.05, 3.63) is 96.3 Å². The van der Waals surface area contributed by atoms with Crippen molar-refractivity contribution in [1.29, 1.82) is 0 Å². The zero-order chi connectivity index (χ0) is 20.4. The van der Waals surface area contributed by atoms with Gasteiger partial charge in [0, 0.05) is 19.4 Å². The maximum absolute atomic E-state index is 13.1. The Hall–Kier alpha value is -4.12. The van der Waals surface area contributed by atoms with Gasteiger partial charge in [0.05, 0.1) is 33.5 Å². The molecule has 3 heterocycles. The molecule has 6 rings (SSSR count). The van der Waals surface area contributed by atoms with E-state index in [0.29, 0.717) is 11.1 Å². The molecule has 1 aliphatic rings. The van der Waals surface area contributed by atoms with Crippen LogP contribution < -0.4 is 0 Å². The molecule has 0 unspecified atom stereocenters. The quantitative estimate of drug-likeness (QED) is 0.406. The summed E-state index contributed by atoms with van der Waals surface area (Å²) >= 11 is 0. The summed E-state index contributed by atoms with van der Waals surface area (Å²) in [7, 11) is 1.53. The lowest BCUT2D eigenvalue weighted by Gasteiger charge is -2.17. The van der Waals surface area contributed by atoms with Crippen molar-refractivity contribution >= 4 is 33.6 Å². The molecule has 0 spiro atoms. The first kappa shape index (κ1) is 16.8. The Bertz CT molecular complexity index is 1510. The second-order valence-electron chi connectivity index (χ2n) is 7.51. The summed E-state index contributed by atoms with van der Waals surface area (Å²) in [5.74, 6) is -0.544. The van der Waals surface area contributed by atoms with Crippen molar-refractivity contribution in [2.75, 3.05) is 7.05 Å². The van der Waals surface area contributed by atoms with E-state index in [1.165, 1.54) is 11.9 Å². The summed E-state index contributed by atoms with van der Waals surface area (Å²) in [5, 5.41) is 2.18. The number of aromatic nitrogens is 2. The highest BCUT2D eigenvalue weighted by Gasteiger charge is 2.37. The summed E-state index contributed by atoms with van der Waals surface area (Å²) in [5.41, 5.74) is 4.49. The molecule has 0 bridgehead atoms. The predicted molar refractivity (Wildman–Crippen MR) is 117 cm³/mol. The average molecular weight is 391 g/mol. The van der Waals surface area contributed by atoms with Gasteiger partial charge in [0.15, 0.2) is 0 Å². The number of hydrogen-bond donors (Lipinski definition) is 0. The Labute approximate surface area is 172 Å². The smallest absolute Gasteiger partial charge is 0.263 e. The van der Waals surface area contributed by atoms with Gasteiger partial charge < -0.3 is 9.13 Å². The van der Waals surface area contributed by atoms with Gasteiger partial charge in [-0.25, -0.2) is 0 Å². The van der Waals surface area contributed by atoms with Crippen LogP contribution in [0.2, 0.25) is 0 Å². The molecule has 5 aromatic rings. The van der Waals surface area contributed by atoms with E-state index in [0.717, 1.165) is 33.2 Å². The number of benzene rings is 3. The zero-order valence-corrected chi connectivity index (χ0v) is 16.2. The Kier molecular flexibility index (Phi) is 3.33. The van der Waals surface area contributed by atoms with Gasteiger partial charge in [-0.15, -0.1) is 0 Å². The second kappa shape index (κ2) is 5.94. The van der Waals surface area contributed by atoms with E-state index >= 15 is 0 Å². The van der Waals surface area contributed by atoms with Crippen LogP contribution in [-0.2, 0) is 0 Å². The minimum Gasteiger partial charge on any atom is -0.314 e. The molecular weight excluding hydrogens is 374 g/mol. The van der Waals surface area contributed by atoms with Crippen molar-refractivity contribution in [2.24, 2.45) is 0 Å². The van der Waals surface area contributed by atoms with Gasteiger partial charge >= 0.3 is 0 Å². The molecular formula is C25H17N3O2. The Morgan fingerprint density at radius 3 is 1.93 bits per heavy atom. The molecule has 0 radical (unpaired) electrons. The van der Waals surface area contributed by atoms with E-state index in [-0.39, 0.29) is 11.8 Å². The third kappa shape index (κ3) is 2.12. The minimum atomic E-state index is -0.277. The molecule has 0 saturated carbocycles. The van der Waals surface area contributed by atoms with Crippen LogP contribution in [0.25, 0.3) is 33.2 Å². The summed E-state index contributed by atoms with van der Waals surface area (Å²) in [4.78, 5) is 27.0. The molecule has 0 fully saturated rings. The molecule has 0 aliphatic carbocycles. The van der Waals surface area contributed by atoms with Crippen LogP contribution in [0.1, 0.15) is 20.7 Å². The fourth-order valence-electron chi connectivity index (χ4n) is 4.42. The van der Waals surface area contributed by atoms with Crippen molar-refractivity contribution in [2.45, 2.75) is 0 Å². The molecule has 3 aromatic carbocycles. The van der Waals surface area contributed by atoms with Gasteiger partial charge in [0.2, 0.25) is 0 Å². The number of para-hydroxylation sites is 2. The summed E-state index contributed by atoms with van der Waals surface area (Å²) in [6, 6.07) is 23.9. The Morgan fingerprint density at radius 2 is 1.23 bits per heavy atom. The van der Waals surface area contributed by atoms with Gasteiger partial charge in [0.25, 0.3) is 11.8 Å². The molecule has 30 heavy (non-hydrogen) atoms. The molecule has 0 N–H and O–H groups in total. The normalized spacial score (nSPS) is 13.6. The standard InChI is InChI=1S/C25H17N3O2/c1-26-24(29)18-10-11-21(27-14-12-16-6-2-4-8-19(16)27)23(22(18)25(26)30)28-15-13-17-7-3-5-9-20(17)28/h2-15H,1H3. The number of carbonyl (C=O) groups is 2. The molecule has 5 nitrogen and oxygen atoms in total. The molecule has 2 aromatic heterocycles. The number of carbonyl (C=O) groups excluding carboxylic acids is 2. The molecule has 0 atom stereocenters. The Balaban J connectivity index is 1.76. The second-order valence-corrected chi connectivity index (χ2v) is 7.51. The van der Waals surface area contributed by atoms with Crippen LogP contribution in [0.3, 0.4) is 0 Å².